The van der Waals surface area contributed by atoms with Crippen LogP contribution in [-0.2, 0) is 6.42 Å². The molecule has 0 saturated heterocycles. The number of nitrogens with one attached hydrogen (secondary N) is 3. The van der Waals surface area contributed by atoms with Crippen LogP contribution in [0.3, 0.4) is 0 Å². The second-order valence-electron chi connectivity index (χ2n) is 6.33. The molecule has 2 aromatic rings. The van der Waals surface area contributed by atoms with Crippen molar-refractivity contribution in [1.29, 1.82) is 0 Å². The number of hydrogen-bond acceptors (Lipinski definition) is 6. The van der Waals surface area contributed by atoms with E-state index < -0.39 is 4.92 Å². The fourth-order valence-corrected chi connectivity index (χ4v) is 2.84. The zero-order chi connectivity index (χ0) is 21.8. The maximum atomic E-state index is 11.1. The van der Waals surface area contributed by atoms with Crippen LogP contribution in [-0.4, -0.2) is 51.3 Å². The van der Waals surface area contributed by atoms with Gasteiger partial charge >= 0.3 is 0 Å². The molecule has 0 saturated carbocycles. The van der Waals surface area contributed by atoms with Gasteiger partial charge in [0.1, 0.15) is 5.69 Å². The molecule has 0 spiro atoms. The van der Waals surface area contributed by atoms with Crippen LogP contribution >= 0.6 is 24.0 Å². The van der Waals surface area contributed by atoms with Gasteiger partial charge in [-0.1, -0.05) is 18.2 Å². The molecule has 3 N–H and O–H groups in total. The monoisotopic (exact) mass is 543 g/mol. The van der Waals surface area contributed by atoms with Gasteiger partial charge in [0.25, 0.3) is 5.69 Å². The standard InChI is InChI=1S/C21H29N5O4.HI/c1-4-22-21(24-12-11-16-9-10-19(29-2)20(15-16)30-3)25-14-13-23-17-7-5-6-8-18(17)26(27)28;/h5-10,15,23H,4,11-14H2,1-3H3,(H2,22,24,25);1H. The van der Waals surface area contributed by atoms with Crippen LogP contribution in [0.4, 0.5) is 11.4 Å². The van der Waals surface area contributed by atoms with Crippen LogP contribution in [0.15, 0.2) is 47.5 Å². The van der Waals surface area contributed by atoms with E-state index in [1.807, 2.05) is 25.1 Å². The first-order valence-corrected chi connectivity index (χ1v) is 9.79. The van der Waals surface area contributed by atoms with Crippen LogP contribution in [0.5, 0.6) is 11.5 Å². The lowest BCUT2D eigenvalue weighted by molar-refractivity contribution is -0.384. The van der Waals surface area contributed by atoms with Gasteiger partial charge in [-0.15, -0.1) is 24.0 Å². The lowest BCUT2D eigenvalue weighted by Crippen LogP contribution is -2.39. The Labute approximate surface area is 199 Å². The first-order valence-electron chi connectivity index (χ1n) is 9.79. The molecule has 2 rings (SSSR count). The lowest BCUT2D eigenvalue weighted by atomic mass is 10.1. The summed E-state index contributed by atoms with van der Waals surface area (Å²) in [5, 5.41) is 20.6. The smallest absolute Gasteiger partial charge is 0.292 e. The first-order chi connectivity index (χ1) is 14.6. The molecular formula is C21H30IN5O4. The maximum Gasteiger partial charge on any atom is 0.292 e. The summed E-state index contributed by atoms with van der Waals surface area (Å²) in [6.07, 6.45) is 0.755. The number of para-hydroxylation sites is 2. The third-order valence-corrected chi connectivity index (χ3v) is 4.30. The summed E-state index contributed by atoms with van der Waals surface area (Å²) in [7, 11) is 3.23. The van der Waals surface area contributed by atoms with Crippen LogP contribution < -0.4 is 25.4 Å². The van der Waals surface area contributed by atoms with Crippen LogP contribution in [0, 0.1) is 10.1 Å². The number of hydrogen-bond donors (Lipinski definition) is 3. The molecule has 0 fully saturated rings. The highest BCUT2D eigenvalue weighted by Crippen LogP contribution is 2.27. The third-order valence-electron chi connectivity index (χ3n) is 4.30. The molecule has 10 heteroatoms. The molecular weight excluding hydrogens is 513 g/mol. The highest BCUT2D eigenvalue weighted by Gasteiger charge is 2.11. The summed E-state index contributed by atoms with van der Waals surface area (Å²) < 4.78 is 10.6. The fraction of sp³-hybridized carbons (Fsp3) is 0.381. The van der Waals surface area contributed by atoms with E-state index in [1.54, 1.807) is 32.4 Å². The normalized spacial score (nSPS) is 10.6. The van der Waals surface area contributed by atoms with Gasteiger partial charge in [-0.3, -0.25) is 15.1 Å². The summed E-state index contributed by atoms with van der Waals surface area (Å²) in [6, 6.07) is 12.4. The summed E-state index contributed by atoms with van der Waals surface area (Å²) >= 11 is 0. The van der Waals surface area contributed by atoms with E-state index in [0.29, 0.717) is 42.8 Å². The molecule has 0 aliphatic carbocycles. The number of nitrogens with zero attached hydrogens (tertiary/aromatic N) is 2. The Morgan fingerprint density at radius 2 is 1.81 bits per heavy atom. The molecule has 0 bridgehead atoms. The predicted octanol–water partition coefficient (Wildman–Crippen LogP) is 3.44. The third kappa shape index (κ3) is 8.48. The van der Waals surface area contributed by atoms with Crippen molar-refractivity contribution in [2.75, 3.05) is 45.7 Å². The van der Waals surface area contributed by atoms with E-state index in [2.05, 4.69) is 20.9 Å². The molecule has 170 valence electrons. The van der Waals surface area contributed by atoms with E-state index in [0.717, 1.165) is 18.5 Å². The van der Waals surface area contributed by atoms with Gasteiger partial charge in [0.2, 0.25) is 0 Å². The number of methoxy groups -OCH3 is 2. The number of ether oxygens (including phenoxy) is 2. The Bertz CT molecular complexity index is 863. The molecule has 0 heterocycles. The van der Waals surface area contributed by atoms with E-state index in [4.69, 9.17) is 9.47 Å². The molecule has 0 radical (unpaired) electrons. The van der Waals surface area contributed by atoms with Gasteiger partial charge < -0.3 is 25.4 Å². The van der Waals surface area contributed by atoms with Crippen molar-refractivity contribution in [2.24, 2.45) is 4.99 Å². The minimum atomic E-state index is -0.393. The summed E-state index contributed by atoms with van der Waals surface area (Å²) in [5.74, 6) is 2.10. The minimum absolute atomic E-state index is 0. The Morgan fingerprint density at radius 1 is 1.06 bits per heavy atom. The van der Waals surface area contributed by atoms with Crippen molar-refractivity contribution >= 4 is 41.3 Å². The Balaban J connectivity index is 0.00000480. The minimum Gasteiger partial charge on any atom is -0.493 e. The highest BCUT2D eigenvalue weighted by molar-refractivity contribution is 14.0. The van der Waals surface area contributed by atoms with Gasteiger partial charge in [-0.2, -0.15) is 0 Å². The van der Waals surface area contributed by atoms with Crippen LogP contribution in [0.25, 0.3) is 0 Å². The number of aliphatic imine (C=N–C) groups is 1. The zero-order valence-corrected chi connectivity index (χ0v) is 20.3. The van der Waals surface area contributed by atoms with Crippen molar-refractivity contribution in [3.05, 3.63) is 58.1 Å². The van der Waals surface area contributed by atoms with Gasteiger partial charge in [-0.05, 0) is 37.1 Å². The van der Waals surface area contributed by atoms with E-state index in [9.17, 15) is 10.1 Å². The zero-order valence-electron chi connectivity index (χ0n) is 18.0. The lowest BCUT2D eigenvalue weighted by Gasteiger charge is -2.13. The van der Waals surface area contributed by atoms with E-state index in [1.165, 1.54) is 6.07 Å². The summed E-state index contributed by atoms with van der Waals surface area (Å²) in [4.78, 5) is 15.3. The maximum absolute atomic E-state index is 11.1. The van der Waals surface area contributed by atoms with Gasteiger partial charge in [0, 0.05) is 32.2 Å². The molecule has 9 nitrogen and oxygen atoms in total. The largest absolute Gasteiger partial charge is 0.493 e. The Kier molecular flexibility index (Phi) is 12.1. The van der Waals surface area contributed by atoms with Gasteiger partial charge in [0.05, 0.1) is 19.1 Å². The second-order valence-corrected chi connectivity index (χ2v) is 6.33. The first kappa shape index (κ1) is 26.3. The summed E-state index contributed by atoms with van der Waals surface area (Å²) in [5.41, 5.74) is 1.66. The topological polar surface area (TPSA) is 110 Å². The van der Waals surface area contributed by atoms with E-state index in [-0.39, 0.29) is 29.7 Å². The predicted molar refractivity (Wildman–Crippen MR) is 134 cm³/mol. The quantitative estimate of drug-likeness (QED) is 0.0995. The molecule has 0 aromatic heterocycles. The van der Waals surface area contributed by atoms with Gasteiger partial charge in [-0.25, -0.2) is 0 Å². The SMILES string of the molecule is CCNC(=NCCc1ccc(OC)c(OC)c1)NCCNc1ccccc1[N+](=O)[O-].I. The molecule has 2 aromatic carbocycles. The van der Waals surface area contributed by atoms with Crippen LogP contribution in [0.1, 0.15) is 12.5 Å². The van der Waals surface area contributed by atoms with E-state index >= 15 is 0 Å². The average Bonchev–Trinajstić information content (AvgIpc) is 2.76. The highest BCUT2D eigenvalue weighted by atomic mass is 127. The average molecular weight is 543 g/mol. The number of benzene rings is 2. The molecule has 0 aliphatic heterocycles. The Morgan fingerprint density at radius 3 is 2.48 bits per heavy atom. The van der Waals surface area contributed by atoms with Gasteiger partial charge in [0.15, 0.2) is 17.5 Å². The molecule has 0 aliphatic rings. The molecule has 0 unspecified atom stereocenters. The molecule has 0 amide bonds. The van der Waals surface area contributed by atoms with Crippen molar-refractivity contribution in [2.45, 2.75) is 13.3 Å². The van der Waals surface area contributed by atoms with Crippen molar-refractivity contribution in [3.63, 3.8) is 0 Å². The van der Waals surface area contributed by atoms with Crippen molar-refractivity contribution in [1.82, 2.24) is 10.6 Å². The number of nitro benzene ring substituents is 1. The van der Waals surface area contributed by atoms with Crippen LogP contribution in [0.2, 0.25) is 0 Å². The summed E-state index contributed by atoms with van der Waals surface area (Å²) in [6.45, 7) is 4.42. The Hall–Kier alpha value is -2.76. The van der Waals surface area contributed by atoms with Crippen molar-refractivity contribution < 1.29 is 14.4 Å². The van der Waals surface area contributed by atoms with Crippen molar-refractivity contribution in [3.8, 4) is 11.5 Å². The number of rotatable bonds is 11. The number of guanidine groups is 1. The number of nitro groups is 1. The fourth-order valence-electron chi connectivity index (χ4n) is 2.84. The molecule has 31 heavy (non-hydrogen) atoms. The number of halogens is 1. The number of anilines is 1. The second kappa shape index (κ2) is 14.3. The molecule has 0 atom stereocenters.